The molecule has 164 valence electrons. The molecule has 1 saturated carbocycles. The Kier molecular flexibility index (Phi) is 4.60. The van der Waals surface area contributed by atoms with Gasteiger partial charge in [0.15, 0.2) is 0 Å². The summed E-state index contributed by atoms with van der Waals surface area (Å²) < 4.78 is 1.76. The van der Waals surface area contributed by atoms with E-state index in [4.69, 9.17) is 15.7 Å². The summed E-state index contributed by atoms with van der Waals surface area (Å²) in [5, 5.41) is 21.7. The minimum Gasteiger partial charge on any atom is -0.393 e. The first kappa shape index (κ1) is 19.8. The van der Waals surface area contributed by atoms with E-state index in [0.29, 0.717) is 30.2 Å². The number of imidazole rings is 1. The van der Waals surface area contributed by atoms with Crippen LogP contribution in [-0.2, 0) is 0 Å². The molecule has 1 aliphatic rings. The first-order valence-corrected chi connectivity index (χ1v) is 11.0. The zero-order valence-corrected chi connectivity index (χ0v) is 17.8. The second-order valence-electron chi connectivity index (χ2n) is 8.67. The smallest absolute Gasteiger partial charge is 0.144 e. The molecule has 1 atom stereocenters. The van der Waals surface area contributed by atoms with Gasteiger partial charge in [-0.05, 0) is 30.9 Å². The van der Waals surface area contributed by atoms with Gasteiger partial charge in [0.25, 0.3) is 0 Å². The fourth-order valence-electron chi connectivity index (χ4n) is 4.63. The Morgan fingerprint density at radius 1 is 0.939 bits per heavy atom. The summed E-state index contributed by atoms with van der Waals surface area (Å²) in [5.74, 6) is 0.839. The Balaban J connectivity index is 1.48. The van der Waals surface area contributed by atoms with E-state index in [9.17, 15) is 10.2 Å². The molecule has 0 bridgehead atoms. The lowest BCUT2D eigenvalue weighted by Crippen LogP contribution is -2.33. The molecule has 7 nitrogen and oxygen atoms in total. The first-order valence-electron chi connectivity index (χ1n) is 11.0. The summed E-state index contributed by atoms with van der Waals surface area (Å²) >= 11 is 0. The van der Waals surface area contributed by atoms with Crippen LogP contribution in [-0.4, -0.2) is 35.7 Å². The van der Waals surface area contributed by atoms with Gasteiger partial charge in [-0.1, -0.05) is 48.5 Å². The average molecular weight is 438 g/mol. The van der Waals surface area contributed by atoms with Crippen molar-refractivity contribution >= 4 is 22.2 Å². The van der Waals surface area contributed by atoms with Crippen LogP contribution in [0.4, 0.5) is 5.82 Å². The van der Waals surface area contributed by atoms with Gasteiger partial charge in [-0.15, -0.1) is 0 Å². The third-order valence-corrected chi connectivity index (χ3v) is 6.50. The summed E-state index contributed by atoms with van der Waals surface area (Å²) in [6.07, 6.45) is 3.19. The maximum atomic E-state index is 11.0. The van der Waals surface area contributed by atoms with Crippen LogP contribution in [0.1, 0.15) is 24.8 Å². The predicted octanol–water partition coefficient (Wildman–Crippen LogP) is 4.00. The van der Waals surface area contributed by atoms with Crippen LogP contribution in [0.3, 0.4) is 0 Å². The van der Waals surface area contributed by atoms with Gasteiger partial charge in [-0.2, -0.15) is 0 Å². The molecule has 6 rings (SSSR count). The van der Waals surface area contributed by atoms with Gasteiger partial charge >= 0.3 is 0 Å². The molecule has 3 aromatic heterocycles. The highest BCUT2D eigenvalue weighted by Gasteiger charge is 2.36. The minimum atomic E-state index is -0.817. The molecule has 0 amide bonds. The molecule has 3 heterocycles. The van der Waals surface area contributed by atoms with Crippen LogP contribution in [0.2, 0.25) is 0 Å². The molecule has 4 N–H and O–H groups in total. The van der Waals surface area contributed by atoms with Crippen LogP contribution in [0.15, 0.2) is 73.1 Å². The fraction of sp³-hybridized carbons (Fsp3) is 0.192. The van der Waals surface area contributed by atoms with E-state index >= 15 is 0 Å². The third kappa shape index (κ3) is 3.33. The molecular formula is C26H23N5O2. The monoisotopic (exact) mass is 437 g/mol. The zero-order chi connectivity index (χ0) is 22.5. The molecule has 0 radical (unpaired) electrons. The number of nitrogens with two attached hydrogens (primary N) is 1. The molecule has 1 aliphatic carbocycles. The largest absolute Gasteiger partial charge is 0.393 e. The molecular weight excluding hydrogens is 414 g/mol. The Hall–Kier alpha value is -3.81. The number of hydrogen-bond acceptors (Lipinski definition) is 6. The lowest BCUT2D eigenvalue weighted by atomic mass is 9.78. The number of hydrogen-bond donors (Lipinski definition) is 3. The maximum Gasteiger partial charge on any atom is 0.144 e. The van der Waals surface area contributed by atoms with E-state index in [1.54, 1.807) is 16.8 Å². The van der Waals surface area contributed by atoms with Crippen molar-refractivity contribution in [3.63, 3.8) is 0 Å². The number of anilines is 1. The van der Waals surface area contributed by atoms with E-state index < -0.39 is 6.10 Å². The topological polar surface area (TPSA) is 110 Å². The van der Waals surface area contributed by atoms with Crippen LogP contribution in [0.25, 0.3) is 38.9 Å². The highest BCUT2D eigenvalue weighted by Crippen LogP contribution is 2.40. The number of aliphatic hydroxyl groups is 2. The normalized spacial score (nSPS) is 19.0. The molecule has 2 aromatic carbocycles. The molecule has 0 aliphatic heterocycles. The molecule has 33 heavy (non-hydrogen) atoms. The quantitative estimate of drug-likeness (QED) is 0.392. The number of aromatic nitrogens is 4. The summed E-state index contributed by atoms with van der Waals surface area (Å²) in [5.41, 5.74) is 11.3. The number of fused-ring (bicyclic) bond motifs is 2. The van der Waals surface area contributed by atoms with Crippen molar-refractivity contribution in [2.75, 3.05) is 5.73 Å². The third-order valence-electron chi connectivity index (χ3n) is 6.50. The van der Waals surface area contributed by atoms with E-state index in [1.807, 2.05) is 54.6 Å². The number of aliphatic hydroxyl groups excluding tert-OH is 2. The van der Waals surface area contributed by atoms with Gasteiger partial charge in [-0.25, -0.2) is 9.97 Å². The van der Waals surface area contributed by atoms with Crippen LogP contribution in [0, 0.1) is 5.92 Å². The summed E-state index contributed by atoms with van der Waals surface area (Å²) in [7, 11) is 0. The zero-order valence-electron chi connectivity index (χ0n) is 17.8. The SMILES string of the molecule is Nc1cncc2c(-c3ccc4ccc(-c5ccccc5)nc4c3)nc(C(O)C3CC(O)C3)n12. The molecule has 0 spiro atoms. The number of benzene rings is 2. The van der Waals surface area contributed by atoms with Gasteiger partial charge < -0.3 is 15.9 Å². The number of rotatable bonds is 4. The first-order chi connectivity index (χ1) is 16.1. The van der Waals surface area contributed by atoms with Crippen molar-refractivity contribution in [2.45, 2.75) is 25.0 Å². The van der Waals surface area contributed by atoms with E-state index in [1.165, 1.54) is 0 Å². The van der Waals surface area contributed by atoms with E-state index in [0.717, 1.165) is 33.2 Å². The second kappa shape index (κ2) is 7.65. The lowest BCUT2D eigenvalue weighted by molar-refractivity contribution is -0.0322. The maximum absolute atomic E-state index is 11.0. The molecule has 1 unspecified atom stereocenters. The predicted molar refractivity (Wildman–Crippen MR) is 127 cm³/mol. The standard InChI is InChI=1S/C26H23N5O2/c27-23-14-28-13-22-24(30-26(31(22)23)25(33)18-10-19(32)11-18)17-7-6-16-8-9-20(29-21(16)12-17)15-4-2-1-3-5-15/h1-9,12-14,18-19,25,32-33H,10-11,27H2. The van der Waals surface area contributed by atoms with Gasteiger partial charge in [0.1, 0.15) is 17.7 Å². The summed E-state index contributed by atoms with van der Waals surface area (Å²) in [6.45, 7) is 0. The average Bonchev–Trinajstić information content (AvgIpc) is 3.22. The number of pyridine rings is 1. The van der Waals surface area contributed by atoms with E-state index in [-0.39, 0.29) is 12.0 Å². The molecule has 5 aromatic rings. The van der Waals surface area contributed by atoms with E-state index in [2.05, 4.69) is 11.1 Å². The Morgan fingerprint density at radius 3 is 2.52 bits per heavy atom. The van der Waals surface area contributed by atoms with Gasteiger partial charge in [0, 0.05) is 16.5 Å². The Morgan fingerprint density at radius 2 is 1.73 bits per heavy atom. The van der Waals surface area contributed by atoms with Crippen LogP contribution < -0.4 is 5.73 Å². The highest BCUT2D eigenvalue weighted by atomic mass is 16.3. The molecule has 7 heteroatoms. The van der Waals surface area contributed by atoms with Gasteiger partial charge in [0.05, 0.1) is 40.9 Å². The minimum absolute atomic E-state index is 0.0438. The van der Waals surface area contributed by atoms with Crippen molar-refractivity contribution in [1.82, 2.24) is 19.4 Å². The van der Waals surface area contributed by atoms with Crippen molar-refractivity contribution in [1.29, 1.82) is 0 Å². The van der Waals surface area contributed by atoms with Crippen LogP contribution in [0.5, 0.6) is 0 Å². The summed E-state index contributed by atoms with van der Waals surface area (Å²) in [6, 6.07) is 20.2. The Labute approximate surface area is 190 Å². The van der Waals surface area contributed by atoms with Crippen LogP contribution >= 0.6 is 0 Å². The second-order valence-corrected chi connectivity index (χ2v) is 8.67. The van der Waals surface area contributed by atoms with Crippen molar-refractivity contribution in [3.05, 3.63) is 78.9 Å². The van der Waals surface area contributed by atoms with Crippen molar-refractivity contribution in [3.8, 4) is 22.5 Å². The van der Waals surface area contributed by atoms with Gasteiger partial charge in [0.2, 0.25) is 0 Å². The van der Waals surface area contributed by atoms with Crippen molar-refractivity contribution in [2.24, 2.45) is 5.92 Å². The molecule has 0 saturated heterocycles. The lowest BCUT2D eigenvalue weighted by Gasteiger charge is -2.34. The Bertz CT molecular complexity index is 1470. The molecule has 1 fully saturated rings. The van der Waals surface area contributed by atoms with Crippen molar-refractivity contribution < 1.29 is 10.2 Å². The highest BCUT2D eigenvalue weighted by molar-refractivity contribution is 5.89. The fourth-order valence-corrected chi connectivity index (χ4v) is 4.63. The number of nitrogen functional groups attached to an aromatic ring is 1. The number of nitrogens with zero attached hydrogens (tertiary/aromatic N) is 4. The summed E-state index contributed by atoms with van der Waals surface area (Å²) in [4.78, 5) is 14.0. The van der Waals surface area contributed by atoms with Gasteiger partial charge in [-0.3, -0.25) is 9.38 Å².